The molecule has 2 N–H and O–H groups in total. The molecule has 20 heavy (non-hydrogen) atoms. The van der Waals surface area contributed by atoms with Gasteiger partial charge in [0.25, 0.3) is 0 Å². The Morgan fingerprint density at radius 1 is 1.45 bits per heavy atom. The Morgan fingerprint density at radius 2 is 2.20 bits per heavy atom. The lowest BCUT2D eigenvalue weighted by molar-refractivity contribution is 0.191. The van der Waals surface area contributed by atoms with Crippen LogP contribution in [-0.2, 0) is 6.54 Å². The van der Waals surface area contributed by atoms with Crippen molar-refractivity contribution in [1.82, 2.24) is 15.1 Å². The Hall–Kier alpha value is -1.59. The molecule has 0 bridgehead atoms. The van der Waals surface area contributed by atoms with E-state index in [4.69, 9.17) is 5.11 Å². The lowest BCUT2D eigenvalue weighted by atomic mass is 10.1. The monoisotopic (exact) mass is 277 g/mol. The number of carboxylic acid groups (broad SMARTS) is 1. The quantitative estimate of drug-likeness (QED) is 0.826. The largest absolute Gasteiger partial charge is 0.465 e. The van der Waals surface area contributed by atoms with Crippen LogP contribution in [0.2, 0.25) is 0 Å². The Bertz CT molecular complexity index is 424. The molecule has 1 aliphatic heterocycles. The van der Waals surface area contributed by atoms with Gasteiger partial charge in [0.2, 0.25) is 0 Å². The third kappa shape index (κ3) is 4.51. The van der Waals surface area contributed by atoms with Crippen LogP contribution in [-0.4, -0.2) is 60.3 Å². The summed E-state index contributed by atoms with van der Waals surface area (Å²) in [5.74, 6) is 0. The molecule has 1 saturated heterocycles. The van der Waals surface area contributed by atoms with Crippen molar-refractivity contribution in [3.05, 3.63) is 35.9 Å². The first kappa shape index (κ1) is 14.8. The molecule has 1 atom stereocenters. The van der Waals surface area contributed by atoms with Gasteiger partial charge < -0.3 is 10.4 Å². The Kier molecular flexibility index (Phi) is 5.38. The fraction of sp³-hybridized carbons (Fsp3) is 0.533. The molecule has 1 fully saturated rings. The van der Waals surface area contributed by atoms with Crippen molar-refractivity contribution in [2.75, 3.05) is 33.2 Å². The average molecular weight is 277 g/mol. The number of rotatable bonds is 6. The first-order valence-corrected chi connectivity index (χ1v) is 7.08. The molecule has 1 unspecified atom stereocenters. The van der Waals surface area contributed by atoms with Gasteiger partial charge in [-0.2, -0.15) is 0 Å². The van der Waals surface area contributed by atoms with Crippen molar-refractivity contribution in [3.8, 4) is 0 Å². The van der Waals surface area contributed by atoms with Gasteiger partial charge in [0, 0.05) is 32.2 Å². The maximum atomic E-state index is 10.4. The van der Waals surface area contributed by atoms with Gasteiger partial charge in [-0.15, -0.1) is 0 Å². The number of hydrogen-bond donors (Lipinski definition) is 2. The van der Waals surface area contributed by atoms with E-state index in [9.17, 15) is 4.79 Å². The van der Waals surface area contributed by atoms with Gasteiger partial charge in [-0.25, -0.2) is 4.79 Å². The Balaban J connectivity index is 1.73. The standard InChI is InChI=1S/C15H23N3O2/c1-17(11-13-5-3-2-4-6-13)14-7-9-18(12-14)10-8-16-15(19)20/h2-6,14,16H,7-12H2,1H3,(H,19,20). The second kappa shape index (κ2) is 7.26. The predicted molar refractivity (Wildman–Crippen MR) is 78.8 cm³/mol. The summed E-state index contributed by atoms with van der Waals surface area (Å²) in [6.45, 7) is 4.33. The summed E-state index contributed by atoms with van der Waals surface area (Å²) in [6.07, 6.45) is 0.207. The number of benzene rings is 1. The Morgan fingerprint density at radius 3 is 2.90 bits per heavy atom. The van der Waals surface area contributed by atoms with E-state index < -0.39 is 6.09 Å². The zero-order valence-corrected chi connectivity index (χ0v) is 12.0. The van der Waals surface area contributed by atoms with Crippen LogP contribution in [0.15, 0.2) is 30.3 Å². The molecule has 2 rings (SSSR count). The molecular weight excluding hydrogens is 254 g/mol. The van der Waals surface area contributed by atoms with Gasteiger partial charge in [0.15, 0.2) is 0 Å². The maximum absolute atomic E-state index is 10.4. The fourth-order valence-electron chi connectivity index (χ4n) is 2.70. The van der Waals surface area contributed by atoms with E-state index in [1.54, 1.807) is 0 Å². The molecule has 0 radical (unpaired) electrons. The second-order valence-electron chi connectivity index (χ2n) is 5.38. The van der Waals surface area contributed by atoms with Gasteiger partial charge in [-0.3, -0.25) is 9.80 Å². The minimum Gasteiger partial charge on any atom is -0.465 e. The molecular formula is C15H23N3O2. The van der Waals surface area contributed by atoms with Crippen molar-refractivity contribution in [2.45, 2.75) is 19.0 Å². The van der Waals surface area contributed by atoms with Gasteiger partial charge in [0.1, 0.15) is 0 Å². The lowest BCUT2D eigenvalue weighted by Gasteiger charge is -2.24. The highest BCUT2D eigenvalue weighted by molar-refractivity contribution is 5.64. The highest BCUT2D eigenvalue weighted by atomic mass is 16.4. The molecule has 1 heterocycles. The van der Waals surface area contributed by atoms with Crippen LogP contribution in [0.1, 0.15) is 12.0 Å². The van der Waals surface area contributed by atoms with Gasteiger partial charge in [-0.05, 0) is 25.6 Å². The molecule has 5 heteroatoms. The number of likely N-dealkylation sites (N-methyl/N-ethyl adjacent to an activating group) is 1. The summed E-state index contributed by atoms with van der Waals surface area (Å²) >= 11 is 0. The SMILES string of the molecule is CN(Cc1ccccc1)C1CCN(CCNC(=O)O)C1. The molecule has 1 aromatic rings. The van der Waals surface area contributed by atoms with E-state index in [0.29, 0.717) is 12.6 Å². The van der Waals surface area contributed by atoms with Crippen LogP contribution >= 0.6 is 0 Å². The van der Waals surface area contributed by atoms with Crippen LogP contribution in [0, 0.1) is 0 Å². The van der Waals surface area contributed by atoms with E-state index in [1.165, 1.54) is 5.56 Å². The molecule has 1 amide bonds. The van der Waals surface area contributed by atoms with Gasteiger partial charge in [0.05, 0.1) is 0 Å². The number of likely N-dealkylation sites (tertiary alicyclic amines) is 1. The predicted octanol–water partition coefficient (Wildman–Crippen LogP) is 1.46. The molecule has 0 spiro atoms. The number of hydrogen-bond acceptors (Lipinski definition) is 3. The van der Waals surface area contributed by atoms with Crippen LogP contribution in [0.3, 0.4) is 0 Å². The van der Waals surface area contributed by atoms with E-state index in [1.807, 2.05) is 6.07 Å². The van der Waals surface area contributed by atoms with Crippen molar-refractivity contribution in [3.63, 3.8) is 0 Å². The summed E-state index contributed by atoms with van der Waals surface area (Å²) < 4.78 is 0. The van der Waals surface area contributed by atoms with E-state index in [0.717, 1.165) is 32.6 Å². The van der Waals surface area contributed by atoms with Crippen molar-refractivity contribution in [1.29, 1.82) is 0 Å². The summed E-state index contributed by atoms with van der Waals surface area (Å²) in [6, 6.07) is 11.0. The zero-order chi connectivity index (χ0) is 14.4. The summed E-state index contributed by atoms with van der Waals surface area (Å²) in [5, 5.41) is 11.0. The summed E-state index contributed by atoms with van der Waals surface area (Å²) in [7, 11) is 2.16. The third-order valence-corrected chi connectivity index (χ3v) is 3.85. The average Bonchev–Trinajstić information content (AvgIpc) is 2.88. The number of nitrogens with one attached hydrogen (secondary N) is 1. The second-order valence-corrected chi connectivity index (χ2v) is 5.38. The van der Waals surface area contributed by atoms with Crippen LogP contribution in [0.5, 0.6) is 0 Å². The fourth-order valence-corrected chi connectivity index (χ4v) is 2.70. The normalized spacial score (nSPS) is 19.4. The van der Waals surface area contributed by atoms with Crippen LogP contribution < -0.4 is 5.32 Å². The number of nitrogens with zero attached hydrogens (tertiary/aromatic N) is 2. The van der Waals surface area contributed by atoms with Crippen molar-refractivity contribution >= 4 is 6.09 Å². The highest BCUT2D eigenvalue weighted by Gasteiger charge is 2.25. The van der Waals surface area contributed by atoms with Crippen molar-refractivity contribution in [2.24, 2.45) is 0 Å². The molecule has 110 valence electrons. The van der Waals surface area contributed by atoms with Gasteiger partial charge in [-0.1, -0.05) is 30.3 Å². The van der Waals surface area contributed by atoms with Crippen LogP contribution in [0.25, 0.3) is 0 Å². The topological polar surface area (TPSA) is 55.8 Å². The molecule has 1 aromatic carbocycles. The first-order valence-electron chi connectivity index (χ1n) is 7.08. The van der Waals surface area contributed by atoms with E-state index >= 15 is 0 Å². The maximum Gasteiger partial charge on any atom is 0.404 e. The Labute approximate surface area is 120 Å². The smallest absolute Gasteiger partial charge is 0.404 e. The molecule has 5 nitrogen and oxygen atoms in total. The molecule has 0 aromatic heterocycles. The minimum absolute atomic E-state index is 0.504. The zero-order valence-electron chi connectivity index (χ0n) is 12.0. The summed E-state index contributed by atoms with van der Waals surface area (Å²) in [5.41, 5.74) is 1.33. The summed E-state index contributed by atoms with van der Waals surface area (Å²) in [4.78, 5) is 15.1. The number of carbonyl (C=O) groups is 1. The highest BCUT2D eigenvalue weighted by Crippen LogP contribution is 2.16. The molecule has 0 saturated carbocycles. The van der Waals surface area contributed by atoms with E-state index in [2.05, 4.69) is 46.4 Å². The minimum atomic E-state index is -0.943. The molecule has 1 aliphatic rings. The van der Waals surface area contributed by atoms with Crippen molar-refractivity contribution < 1.29 is 9.90 Å². The molecule has 0 aliphatic carbocycles. The van der Waals surface area contributed by atoms with Crippen LogP contribution in [0.4, 0.5) is 4.79 Å². The van der Waals surface area contributed by atoms with E-state index in [-0.39, 0.29) is 0 Å². The van der Waals surface area contributed by atoms with Gasteiger partial charge >= 0.3 is 6.09 Å². The third-order valence-electron chi connectivity index (χ3n) is 3.85. The number of amides is 1. The lowest BCUT2D eigenvalue weighted by Crippen LogP contribution is -2.37. The first-order chi connectivity index (χ1) is 9.65.